The number of hydrogen-bond acceptors (Lipinski definition) is 4. The van der Waals surface area contributed by atoms with E-state index in [1.807, 2.05) is 6.07 Å². The summed E-state index contributed by atoms with van der Waals surface area (Å²) < 4.78 is 5.83. The molecule has 0 aliphatic heterocycles. The molecule has 0 bridgehead atoms. The minimum Gasteiger partial charge on any atom is -0.481 e. The van der Waals surface area contributed by atoms with Crippen LogP contribution in [0.4, 0.5) is 0 Å². The van der Waals surface area contributed by atoms with E-state index in [0.717, 1.165) is 15.6 Å². The number of rotatable bonds is 4. The number of aliphatic carboxylic acids is 1. The molecule has 1 N–H and O–H groups in total. The number of carboxylic acids is 1. The fourth-order valence-corrected chi connectivity index (χ4v) is 2.68. The quantitative estimate of drug-likeness (QED) is 0.862. The van der Waals surface area contributed by atoms with E-state index in [1.165, 1.54) is 11.3 Å². The number of benzene rings is 1. The van der Waals surface area contributed by atoms with Crippen molar-refractivity contribution >= 4 is 33.4 Å². The van der Waals surface area contributed by atoms with E-state index >= 15 is 0 Å². The number of carbonyl (C=O) groups excluding carboxylic acids is 1. The lowest BCUT2D eigenvalue weighted by Crippen LogP contribution is -2.01. The monoisotopic (exact) mass is 264 g/mol. The first-order chi connectivity index (χ1) is 8.60. The van der Waals surface area contributed by atoms with Gasteiger partial charge in [-0.25, -0.2) is 4.79 Å². The van der Waals surface area contributed by atoms with Gasteiger partial charge >= 0.3 is 11.9 Å². The molecule has 0 atom stereocenters. The number of ether oxygens (including phenoxy) is 1. The van der Waals surface area contributed by atoms with Crippen molar-refractivity contribution in [2.45, 2.75) is 13.3 Å². The predicted molar refractivity (Wildman–Crippen MR) is 69.1 cm³/mol. The smallest absolute Gasteiger partial charge is 0.348 e. The molecular weight excluding hydrogens is 252 g/mol. The summed E-state index contributed by atoms with van der Waals surface area (Å²) in [5, 5.41) is 9.66. The van der Waals surface area contributed by atoms with Gasteiger partial charge in [0.05, 0.1) is 13.0 Å². The van der Waals surface area contributed by atoms with Crippen molar-refractivity contribution in [1.29, 1.82) is 0 Å². The van der Waals surface area contributed by atoms with Crippen LogP contribution in [0.1, 0.15) is 22.2 Å². The maximum atomic E-state index is 11.6. The number of thiophene rings is 1. The topological polar surface area (TPSA) is 63.6 Å². The van der Waals surface area contributed by atoms with Gasteiger partial charge in [0.15, 0.2) is 0 Å². The average molecular weight is 264 g/mol. The highest BCUT2D eigenvalue weighted by Gasteiger charge is 2.11. The lowest BCUT2D eigenvalue weighted by atomic mass is 10.1. The van der Waals surface area contributed by atoms with E-state index in [1.54, 1.807) is 25.1 Å². The fraction of sp³-hybridized carbons (Fsp3) is 0.231. The van der Waals surface area contributed by atoms with E-state index in [-0.39, 0.29) is 12.4 Å². The largest absolute Gasteiger partial charge is 0.481 e. The molecule has 0 fully saturated rings. The third kappa shape index (κ3) is 2.68. The molecule has 0 aliphatic rings. The molecule has 2 aromatic rings. The summed E-state index contributed by atoms with van der Waals surface area (Å²) in [6, 6.07) is 7.16. The van der Waals surface area contributed by atoms with Gasteiger partial charge in [0.1, 0.15) is 4.88 Å². The summed E-state index contributed by atoms with van der Waals surface area (Å²) >= 11 is 1.32. The van der Waals surface area contributed by atoms with Crippen LogP contribution in [0.3, 0.4) is 0 Å². The molecule has 0 spiro atoms. The Morgan fingerprint density at radius 3 is 2.78 bits per heavy atom. The molecule has 0 radical (unpaired) electrons. The van der Waals surface area contributed by atoms with Crippen molar-refractivity contribution in [3.8, 4) is 0 Å². The van der Waals surface area contributed by atoms with Gasteiger partial charge in [-0.15, -0.1) is 11.3 Å². The van der Waals surface area contributed by atoms with Gasteiger partial charge < -0.3 is 9.84 Å². The highest BCUT2D eigenvalue weighted by molar-refractivity contribution is 7.20. The van der Waals surface area contributed by atoms with Crippen molar-refractivity contribution in [3.63, 3.8) is 0 Å². The van der Waals surface area contributed by atoms with Crippen LogP contribution in [-0.4, -0.2) is 23.7 Å². The van der Waals surface area contributed by atoms with Crippen LogP contribution < -0.4 is 0 Å². The van der Waals surface area contributed by atoms with E-state index < -0.39 is 5.97 Å². The van der Waals surface area contributed by atoms with Gasteiger partial charge in [0.25, 0.3) is 0 Å². The van der Waals surface area contributed by atoms with Crippen LogP contribution >= 0.6 is 11.3 Å². The third-order valence-corrected chi connectivity index (χ3v) is 3.49. The molecule has 0 amide bonds. The standard InChI is InChI=1S/C13H12O4S/c1-2-17-13(16)11-7-9-4-3-8(6-12(14)15)5-10(9)18-11/h3-5,7H,2,6H2,1H3,(H,14,15). The predicted octanol–water partition coefficient (Wildman–Crippen LogP) is 2.71. The number of esters is 1. The van der Waals surface area contributed by atoms with Crippen molar-refractivity contribution in [3.05, 3.63) is 34.7 Å². The van der Waals surface area contributed by atoms with Crippen molar-refractivity contribution in [2.75, 3.05) is 6.61 Å². The van der Waals surface area contributed by atoms with Crippen LogP contribution in [0.15, 0.2) is 24.3 Å². The maximum absolute atomic E-state index is 11.6. The van der Waals surface area contributed by atoms with E-state index in [2.05, 4.69) is 0 Å². The number of carbonyl (C=O) groups is 2. The Hall–Kier alpha value is -1.88. The SMILES string of the molecule is CCOC(=O)c1cc2ccc(CC(=O)O)cc2s1. The number of fused-ring (bicyclic) bond motifs is 1. The minimum atomic E-state index is -0.864. The molecule has 0 saturated carbocycles. The van der Waals surface area contributed by atoms with E-state index in [9.17, 15) is 9.59 Å². The second kappa shape index (κ2) is 5.18. The fourth-order valence-electron chi connectivity index (χ4n) is 1.66. The Kier molecular flexibility index (Phi) is 3.62. The third-order valence-electron chi connectivity index (χ3n) is 2.42. The molecule has 94 valence electrons. The second-order valence-electron chi connectivity index (χ2n) is 3.77. The zero-order chi connectivity index (χ0) is 13.1. The summed E-state index contributed by atoms with van der Waals surface area (Å²) in [7, 11) is 0. The van der Waals surface area contributed by atoms with Crippen molar-refractivity contribution in [1.82, 2.24) is 0 Å². The molecule has 0 aliphatic carbocycles. The van der Waals surface area contributed by atoms with Gasteiger partial charge in [-0.05, 0) is 30.0 Å². The van der Waals surface area contributed by atoms with E-state index in [4.69, 9.17) is 9.84 Å². The Morgan fingerprint density at radius 2 is 2.11 bits per heavy atom. The van der Waals surface area contributed by atoms with Gasteiger partial charge in [0.2, 0.25) is 0 Å². The number of carboxylic acid groups (broad SMARTS) is 1. The Bertz CT molecular complexity index is 600. The highest BCUT2D eigenvalue weighted by atomic mass is 32.1. The zero-order valence-electron chi connectivity index (χ0n) is 9.80. The van der Waals surface area contributed by atoms with Crippen LogP contribution in [0.2, 0.25) is 0 Å². The Labute approximate surface area is 108 Å². The van der Waals surface area contributed by atoms with Gasteiger partial charge in [-0.2, -0.15) is 0 Å². The molecule has 1 aromatic heterocycles. The van der Waals surface area contributed by atoms with Crippen LogP contribution in [0.5, 0.6) is 0 Å². The van der Waals surface area contributed by atoms with Gasteiger partial charge in [-0.3, -0.25) is 4.79 Å². The maximum Gasteiger partial charge on any atom is 0.348 e. The molecule has 0 unspecified atom stereocenters. The molecular formula is C13H12O4S. The molecule has 1 heterocycles. The first kappa shape index (κ1) is 12.6. The second-order valence-corrected chi connectivity index (χ2v) is 4.86. The first-order valence-electron chi connectivity index (χ1n) is 5.51. The normalized spacial score (nSPS) is 10.5. The summed E-state index contributed by atoms with van der Waals surface area (Å²) in [5.41, 5.74) is 0.729. The average Bonchev–Trinajstić information content (AvgIpc) is 2.71. The van der Waals surface area contributed by atoms with E-state index in [0.29, 0.717) is 11.5 Å². The van der Waals surface area contributed by atoms with Crippen LogP contribution in [-0.2, 0) is 16.0 Å². The van der Waals surface area contributed by atoms with Crippen LogP contribution in [0.25, 0.3) is 10.1 Å². The highest BCUT2D eigenvalue weighted by Crippen LogP contribution is 2.27. The first-order valence-corrected chi connectivity index (χ1v) is 6.33. The molecule has 18 heavy (non-hydrogen) atoms. The lowest BCUT2D eigenvalue weighted by Gasteiger charge is -1.96. The summed E-state index contributed by atoms with van der Waals surface area (Å²) in [5.74, 6) is -1.20. The summed E-state index contributed by atoms with van der Waals surface area (Å²) in [4.78, 5) is 22.7. The number of hydrogen-bond donors (Lipinski definition) is 1. The molecule has 2 rings (SSSR count). The molecule has 4 nitrogen and oxygen atoms in total. The molecule has 0 saturated heterocycles. The molecule has 5 heteroatoms. The van der Waals surface area contributed by atoms with Gasteiger partial charge in [0, 0.05) is 4.70 Å². The summed E-state index contributed by atoms with van der Waals surface area (Å²) in [6.45, 7) is 2.10. The Balaban J connectivity index is 2.33. The van der Waals surface area contributed by atoms with Crippen LogP contribution in [0, 0.1) is 0 Å². The van der Waals surface area contributed by atoms with Crippen molar-refractivity contribution < 1.29 is 19.4 Å². The van der Waals surface area contributed by atoms with Crippen molar-refractivity contribution in [2.24, 2.45) is 0 Å². The van der Waals surface area contributed by atoms with Gasteiger partial charge in [-0.1, -0.05) is 12.1 Å². The lowest BCUT2D eigenvalue weighted by molar-refractivity contribution is -0.136. The summed E-state index contributed by atoms with van der Waals surface area (Å²) in [6.07, 6.45) is -0.0113. The minimum absolute atomic E-state index is 0.0113. The Morgan fingerprint density at radius 1 is 1.33 bits per heavy atom. The zero-order valence-corrected chi connectivity index (χ0v) is 10.6. The molecule has 1 aromatic carbocycles.